The van der Waals surface area contributed by atoms with Crippen molar-refractivity contribution in [3.8, 4) is 0 Å². The molecule has 0 bridgehead atoms. The number of likely N-dealkylation sites (tertiary alicyclic amines) is 1. The fraction of sp³-hybridized carbons (Fsp3) is 0.360. The lowest BCUT2D eigenvalue weighted by Gasteiger charge is -2.16. The number of rotatable bonds is 8. The lowest BCUT2D eigenvalue weighted by molar-refractivity contribution is -0.128. The summed E-state index contributed by atoms with van der Waals surface area (Å²) in [4.78, 5) is 18.2. The maximum Gasteiger partial charge on any atom is 0.222 e. The molecule has 0 atom stereocenters. The monoisotopic (exact) mass is 417 g/mol. The molecular weight excluding hydrogens is 386 g/mol. The number of guanidine groups is 1. The van der Waals surface area contributed by atoms with Crippen molar-refractivity contribution in [2.24, 2.45) is 4.99 Å². The van der Waals surface area contributed by atoms with Crippen LogP contribution in [0, 0.1) is 0 Å². The summed E-state index contributed by atoms with van der Waals surface area (Å²) in [5, 5.41) is 8.07. The molecule has 2 N–H and O–H groups in total. The van der Waals surface area contributed by atoms with Gasteiger partial charge in [0.25, 0.3) is 0 Å². The summed E-state index contributed by atoms with van der Waals surface area (Å²) in [6.07, 6.45) is 4.82. The second kappa shape index (κ2) is 10.2. The topological polar surface area (TPSA) is 61.7 Å². The molecule has 4 rings (SSSR count). The highest BCUT2D eigenvalue weighted by molar-refractivity contribution is 5.80. The van der Waals surface area contributed by atoms with E-state index in [0.717, 1.165) is 38.4 Å². The van der Waals surface area contributed by atoms with Crippen LogP contribution in [-0.4, -0.2) is 41.5 Å². The smallest absolute Gasteiger partial charge is 0.222 e. The van der Waals surface area contributed by atoms with Gasteiger partial charge in [0.1, 0.15) is 0 Å². The number of nitrogens with zero attached hydrogens (tertiary/aromatic N) is 3. The fourth-order valence-corrected chi connectivity index (χ4v) is 4.13. The quantitative estimate of drug-likeness (QED) is 0.335. The van der Waals surface area contributed by atoms with E-state index >= 15 is 0 Å². The van der Waals surface area contributed by atoms with Crippen molar-refractivity contribution in [3.63, 3.8) is 0 Å². The predicted octanol–water partition coefficient (Wildman–Crippen LogP) is 3.52. The van der Waals surface area contributed by atoms with E-state index in [1.165, 1.54) is 22.0 Å². The van der Waals surface area contributed by atoms with Gasteiger partial charge in [0.05, 0.1) is 0 Å². The summed E-state index contributed by atoms with van der Waals surface area (Å²) in [7, 11) is 1.80. The molecule has 1 saturated heterocycles. The van der Waals surface area contributed by atoms with Gasteiger partial charge < -0.3 is 20.1 Å². The molecule has 0 aliphatic carbocycles. The molecule has 2 aromatic carbocycles. The van der Waals surface area contributed by atoms with E-state index in [2.05, 4.69) is 81.0 Å². The first kappa shape index (κ1) is 21.0. The van der Waals surface area contributed by atoms with Crippen LogP contribution in [0.2, 0.25) is 0 Å². The van der Waals surface area contributed by atoms with Gasteiger partial charge >= 0.3 is 0 Å². The lowest BCUT2D eigenvalue weighted by atomic mass is 10.1. The van der Waals surface area contributed by atoms with E-state index in [9.17, 15) is 4.79 Å². The Labute approximate surface area is 184 Å². The Morgan fingerprint density at radius 1 is 1.06 bits per heavy atom. The molecule has 162 valence electrons. The van der Waals surface area contributed by atoms with E-state index in [0.29, 0.717) is 19.5 Å². The molecule has 0 spiro atoms. The summed E-state index contributed by atoms with van der Waals surface area (Å²) in [6.45, 7) is 4.09. The second-order valence-corrected chi connectivity index (χ2v) is 8.01. The van der Waals surface area contributed by atoms with Gasteiger partial charge in [0.2, 0.25) is 5.91 Å². The van der Waals surface area contributed by atoms with Crippen molar-refractivity contribution >= 4 is 22.8 Å². The molecular formula is C25H31N5O. The molecule has 1 aliphatic rings. The fourth-order valence-electron chi connectivity index (χ4n) is 4.13. The molecule has 2 heterocycles. The molecule has 1 aromatic heterocycles. The average molecular weight is 418 g/mol. The van der Waals surface area contributed by atoms with Crippen LogP contribution in [0.5, 0.6) is 0 Å². The maximum absolute atomic E-state index is 11.9. The van der Waals surface area contributed by atoms with Crippen molar-refractivity contribution in [2.45, 2.75) is 38.9 Å². The van der Waals surface area contributed by atoms with Crippen LogP contribution >= 0.6 is 0 Å². The van der Waals surface area contributed by atoms with E-state index in [1.807, 2.05) is 4.90 Å². The van der Waals surface area contributed by atoms with Crippen molar-refractivity contribution in [1.82, 2.24) is 20.1 Å². The van der Waals surface area contributed by atoms with Crippen LogP contribution in [0.1, 0.15) is 30.4 Å². The van der Waals surface area contributed by atoms with Gasteiger partial charge in [0, 0.05) is 57.9 Å². The zero-order valence-electron chi connectivity index (χ0n) is 18.2. The lowest BCUT2D eigenvalue weighted by Crippen LogP contribution is -2.37. The number of aryl methyl sites for hydroxylation is 1. The highest BCUT2D eigenvalue weighted by Gasteiger charge is 2.19. The largest absolute Gasteiger partial charge is 0.356 e. The first-order valence-corrected chi connectivity index (χ1v) is 11.1. The van der Waals surface area contributed by atoms with Crippen molar-refractivity contribution < 1.29 is 4.79 Å². The number of carbonyl (C=O) groups is 1. The minimum Gasteiger partial charge on any atom is -0.356 e. The first-order chi connectivity index (χ1) is 15.2. The summed E-state index contributed by atoms with van der Waals surface area (Å²) in [5.41, 5.74) is 3.64. The number of aromatic nitrogens is 1. The van der Waals surface area contributed by atoms with Crippen molar-refractivity contribution in [2.75, 3.05) is 20.1 Å². The molecule has 0 unspecified atom stereocenters. The molecule has 0 radical (unpaired) electrons. The van der Waals surface area contributed by atoms with Crippen LogP contribution in [0.25, 0.3) is 10.9 Å². The predicted molar refractivity (Wildman–Crippen MR) is 126 cm³/mol. The van der Waals surface area contributed by atoms with Crippen LogP contribution < -0.4 is 10.6 Å². The number of para-hydroxylation sites is 1. The summed E-state index contributed by atoms with van der Waals surface area (Å²) < 4.78 is 2.30. The van der Waals surface area contributed by atoms with E-state index in [-0.39, 0.29) is 5.91 Å². The second-order valence-electron chi connectivity index (χ2n) is 8.01. The maximum atomic E-state index is 11.9. The Hall–Kier alpha value is -3.28. The zero-order chi connectivity index (χ0) is 21.5. The molecule has 6 heteroatoms. The van der Waals surface area contributed by atoms with Gasteiger partial charge in [-0.25, -0.2) is 0 Å². The highest BCUT2D eigenvalue weighted by Crippen LogP contribution is 2.16. The SMILES string of the molecule is CN=C(NCCCn1ccc2ccccc21)NCc1cccc(CN2CCCC2=O)c1. The van der Waals surface area contributed by atoms with E-state index in [1.54, 1.807) is 7.05 Å². The standard InChI is InChI=1S/C25H31N5O/c1-26-25(27-13-6-15-29-16-12-22-9-2-3-10-23(22)29)28-18-20-7-4-8-21(17-20)19-30-14-5-11-24(30)31/h2-4,7-10,12,16-17H,5-6,11,13-15,18-19H2,1H3,(H2,26,27,28). The third-order valence-electron chi connectivity index (χ3n) is 5.77. The Morgan fingerprint density at radius 2 is 1.94 bits per heavy atom. The number of hydrogen-bond donors (Lipinski definition) is 2. The first-order valence-electron chi connectivity index (χ1n) is 11.1. The third kappa shape index (κ3) is 5.45. The molecule has 3 aromatic rings. The number of carbonyl (C=O) groups excluding carboxylic acids is 1. The van der Waals surface area contributed by atoms with Crippen LogP contribution in [0.4, 0.5) is 0 Å². The molecule has 0 saturated carbocycles. The van der Waals surface area contributed by atoms with Gasteiger partial charge in [-0.3, -0.25) is 9.79 Å². The molecule has 31 heavy (non-hydrogen) atoms. The van der Waals surface area contributed by atoms with E-state index < -0.39 is 0 Å². The zero-order valence-corrected chi connectivity index (χ0v) is 18.2. The third-order valence-corrected chi connectivity index (χ3v) is 5.77. The molecule has 1 aliphatic heterocycles. The molecule has 6 nitrogen and oxygen atoms in total. The van der Waals surface area contributed by atoms with Gasteiger partial charge in [0.15, 0.2) is 5.96 Å². The average Bonchev–Trinajstić information content (AvgIpc) is 3.39. The normalized spacial score (nSPS) is 14.4. The summed E-state index contributed by atoms with van der Waals surface area (Å²) >= 11 is 0. The number of fused-ring (bicyclic) bond motifs is 1. The highest BCUT2D eigenvalue weighted by atomic mass is 16.2. The van der Waals surface area contributed by atoms with E-state index in [4.69, 9.17) is 0 Å². The molecule has 1 amide bonds. The summed E-state index contributed by atoms with van der Waals surface area (Å²) in [5.74, 6) is 1.07. The van der Waals surface area contributed by atoms with Crippen LogP contribution in [-0.2, 0) is 24.4 Å². The molecule has 1 fully saturated rings. The van der Waals surface area contributed by atoms with Crippen LogP contribution in [0.15, 0.2) is 65.8 Å². The number of aliphatic imine (C=N–C) groups is 1. The summed E-state index contributed by atoms with van der Waals surface area (Å²) in [6, 6.07) is 19.1. The Bertz CT molecular complexity index is 1050. The number of hydrogen-bond acceptors (Lipinski definition) is 2. The Morgan fingerprint density at radius 3 is 2.77 bits per heavy atom. The van der Waals surface area contributed by atoms with Gasteiger partial charge in [-0.2, -0.15) is 0 Å². The minimum absolute atomic E-state index is 0.265. The van der Waals surface area contributed by atoms with Gasteiger partial charge in [-0.1, -0.05) is 42.5 Å². The van der Waals surface area contributed by atoms with Crippen LogP contribution in [0.3, 0.4) is 0 Å². The number of benzene rings is 2. The minimum atomic E-state index is 0.265. The number of nitrogens with one attached hydrogen (secondary N) is 2. The Kier molecular flexibility index (Phi) is 6.87. The number of amides is 1. The van der Waals surface area contributed by atoms with Crippen molar-refractivity contribution in [3.05, 3.63) is 71.9 Å². The van der Waals surface area contributed by atoms with Gasteiger partial charge in [-0.15, -0.1) is 0 Å². The van der Waals surface area contributed by atoms with Gasteiger partial charge in [-0.05, 0) is 41.5 Å². The Balaban J connectivity index is 1.22. The van der Waals surface area contributed by atoms with Crippen molar-refractivity contribution in [1.29, 1.82) is 0 Å².